The second-order valence-corrected chi connectivity index (χ2v) is 14.9. The molecule has 2 heterocycles. The summed E-state index contributed by atoms with van der Waals surface area (Å²) < 4.78 is 0. The molecule has 6 unspecified atom stereocenters. The summed E-state index contributed by atoms with van der Waals surface area (Å²) in [6.07, 6.45) is 23.3. The van der Waals surface area contributed by atoms with Gasteiger partial charge in [0.25, 0.3) is 0 Å². The van der Waals surface area contributed by atoms with Crippen LogP contribution in [-0.2, 0) is 14.4 Å². The summed E-state index contributed by atoms with van der Waals surface area (Å²) in [5, 5.41) is 0. The molecular formula is C37H52N4O3. The molecule has 5 aliphatic rings. The largest absolute Gasteiger partial charge is 0.374 e. The number of primary amides is 2. The Morgan fingerprint density at radius 1 is 0.659 bits per heavy atom. The molecule has 0 bridgehead atoms. The molecule has 3 aliphatic carbocycles. The molecule has 2 saturated heterocycles. The number of Topliss-reactive ketones (excluding diaryl/α,β-unsaturated/α-hetero) is 1. The number of allylic oxidation sites excluding steroid dienone is 12. The van der Waals surface area contributed by atoms with E-state index in [9.17, 15) is 14.4 Å². The predicted octanol–water partition coefficient (Wildman–Crippen LogP) is 5.57. The van der Waals surface area contributed by atoms with Gasteiger partial charge in [0, 0.05) is 71.4 Å². The highest BCUT2D eigenvalue weighted by Crippen LogP contribution is 2.55. The molecule has 0 radical (unpaired) electrons. The standard InChI is InChI=1S/C37H52N4O3/c1-36(2)27-21-25(34(38)43)17-19-29(27)40(5)31(36)13-9-7-11-23-15-16-24(33(23)42)12-8-10-14-32-37(3,4)28-22-26(35(39)44)18-20-30(28)41(32)6/h7-14,25-30H,15-22H2,1-6H3,(H2,38,43)(H2,39,44). The first-order valence-corrected chi connectivity index (χ1v) is 16.5. The first kappa shape index (κ1) is 32.1. The van der Waals surface area contributed by atoms with Crippen LogP contribution < -0.4 is 11.5 Å². The van der Waals surface area contributed by atoms with Gasteiger partial charge >= 0.3 is 0 Å². The Labute approximate surface area is 263 Å². The fraction of sp³-hybridized carbons (Fsp3) is 0.595. The van der Waals surface area contributed by atoms with E-state index >= 15 is 0 Å². The smallest absolute Gasteiger partial charge is 0.220 e. The van der Waals surface area contributed by atoms with Crippen LogP contribution in [0, 0.1) is 34.5 Å². The van der Waals surface area contributed by atoms with E-state index in [1.165, 1.54) is 11.4 Å². The number of likely N-dealkylation sites (tertiary alicyclic amines) is 2. The lowest BCUT2D eigenvalue weighted by Gasteiger charge is -2.36. The second-order valence-electron chi connectivity index (χ2n) is 14.9. The average molecular weight is 601 g/mol. The summed E-state index contributed by atoms with van der Waals surface area (Å²) in [5.41, 5.74) is 15.5. The van der Waals surface area contributed by atoms with E-state index < -0.39 is 0 Å². The topological polar surface area (TPSA) is 110 Å². The zero-order valence-electron chi connectivity index (χ0n) is 27.5. The number of nitrogens with zero attached hydrogens (tertiary/aromatic N) is 2. The average Bonchev–Trinajstić information content (AvgIpc) is 3.49. The molecule has 3 saturated carbocycles. The van der Waals surface area contributed by atoms with Crippen molar-refractivity contribution in [3.8, 4) is 0 Å². The van der Waals surface area contributed by atoms with Crippen LogP contribution in [0.25, 0.3) is 0 Å². The van der Waals surface area contributed by atoms with E-state index in [2.05, 4.69) is 63.7 Å². The van der Waals surface area contributed by atoms with Gasteiger partial charge in [-0.2, -0.15) is 0 Å². The van der Waals surface area contributed by atoms with Crippen molar-refractivity contribution in [3.63, 3.8) is 0 Å². The Morgan fingerprint density at radius 2 is 1.02 bits per heavy atom. The zero-order chi connectivity index (χ0) is 32.0. The van der Waals surface area contributed by atoms with Crippen LogP contribution in [0.2, 0.25) is 0 Å². The molecule has 0 spiro atoms. The van der Waals surface area contributed by atoms with E-state index in [1.807, 2.05) is 36.5 Å². The fourth-order valence-corrected chi connectivity index (χ4v) is 9.27. The van der Waals surface area contributed by atoms with E-state index in [0.717, 1.165) is 62.5 Å². The van der Waals surface area contributed by atoms with Gasteiger partial charge in [0.05, 0.1) is 0 Å². The molecule has 5 rings (SSSR count). The number of rotatable bonds is 6. The minimum atomic E-state index is -0.170. The Morgan fingerprint density at radius 3 is 1.39 bits per heavy atom. The molecule has 6 atom stereocenters. The van der Waals surface area contributed by atoms with Crippen molar-refractivity contribution in [3.05, 3.63) is 71.1 Å². The number of amides is 2. The van der Waals surface area contributed by atoms with E-state index in [-0.39, 0.29) is 40.3 Å². The van der Waals surface area contributed by atoms with Crippen LogP contribution in [0.4, 0.5) is 0 Å². The molecule has 2 aliphatic heterocycles. The molecule has 0 aromatic heterocycles. The molecule has 4 N–H and O–H groups in total. The quantitative estimate of drug-likeness (QED) is 0.388. The lowest BCUT2D eigenvalue weighted by Crippen LogP contribution is -2.40. The number of carbonyl (C=O) groups is 3. The van der Waals surface area contributed by atoms with Crippen molar-refractivity contribution in [2.75, 3.05) is 14.1 Å². The molecule has 7 heteroatoms. The highest BCUT2D eigenvalue weighted by atomic mass is 16.1. The summed E-state index contributed by atoms with van der Waals surface area (Å²) >= 11 is 0. The molecule has 2 amide bonds. The summed E-state index contributed by atoms with van der Waals surface area (Å²) in [6, 6.07) is 0.870. The maximum Gasteiger partial charge on any atom is 0.220 e. The molecule has 44 heavy (non-hydrogen) atoms. The first-order chi connectivity index (χ1) is 20.7. The first-order valence-electron chi connectivity index (χ1n) is 16.5. The Hall–Kier alpha value is -3.35. The van der Waals surface area contributed by atoms with Crippen molar-refractivity contribution in [2.24, 2.45) is 46.0 Å². The number of fused-ring (bicyclic) bond motifs is 2. The maximum absolute atomic E-state index is 13.1. The number of ketones is 1. The SMILES string of the molecule is CN1C(=CC=CC=C2CCC(=CC=CC=C3N(C)C4CCC(C(N)=O)CC4C3(C)C)C2=O)C(C)(C)C2CC(C(N)=O)CCC21. The molecule has 7 nitrogen and oxygen atoms in total. The number of carbonyl (C=O) groups excluding carboxylic acids is 3. The monoisotopic (exact) mass is 600 g/mol. The number of hydrogen-bond donors (Lipinski definition) is 2. The van der Waals surface area contributed by atoms with Crippen LogP contribution >= 0.6 is 0 Å². The van der Waals surface area contributed by atoms with Crippen LogP contribution in [0.5, 0.6) is 0 Å². The van der Waals surface area contributed by atoms with Crippen molar-refractivity contribution in [1.29, 1.82) is 0 Å². The normalized spacial score (nSPS) is 36.8. The van der Waals surface area contributed by atoms with Crippen LogP contribution in [-0.4, -0.2) is 53.6 Å². The minimum Gasteiger partial charge on any atom is -0.374 e. The molecule has 5 fully saturated rings. The van der Waals surface area contributed by atoms with Gasteiger partial charge in [-0.1, -0.05) is 64.2 Å². The summed E-state index contributed by atoms with van der Waals surface area (Å²) in [5.74, 6) is 0.551. The zero-order valence-corrected chi connectivity index (χ0v) is 27.5. The van der Waals surface area contributed by atoms with Crippen molar-refractivity contribution < 1.29 is 14.4 Å². The lowest BCUT2D eigenvalue weighted by molar-refractivity contribution is -0.124. The molecular weight excluding hydrogens is 548 g/mol. The van der Waals surface area contributed by atoms with Gasteiger partial charge in [-0.15, -0.1) is 0 Å². The lowest BCUT2D eigenvalue weighted by atomic mass is 9.67. The highest BCUT2D eigenvalue weighted by molar-refractivity contribution is 6.11. The van der Waals surface area contributed by atoms with Gasteiger partial charge in [-0.3, -0.25) is 14.4 Å². The Kier molecular flexibility index (Phi) is 8.90. The number of nitrogens with two attached hydrogens (primary N) is 2. The van der Waals surface area contributed by atoms with Crippen LogP contribution in [0.1, 0.15) is 79.1 Å². The number of hydrogen-bond acceptors (Lipinski definition) is 5. The molecule has 0 aromatic rings. The van der Waals surface area contributed by atoms with Crippen LogP contribution in [0.15, 0.2) is 71.1 Å². The van der Waals surface area contributed by atoms with Gasteiger partial charge in [0.15, 0.2) is 5.78 Å². The third-order valence-electron chi connectivity index (χ3n) is 11.9. The van der Waals surface area contributed by atoms with Gasteiger partial charge in [-0.25, -0.2) is 0 Å². The summed E-state index contributed by atoms with van der Waals surface area (Å²) in [4.78, 5) is 41.6. The maximum atomic E-state index is 13.1. The van der Waals surface area contributed by atoms with Gasteiger partial charge < -0.3 is 21.3 Å². The third-order valence-corrected chi connectivity index (χ3v) is 11.9. The Balaban J connectivity index is 1.22. The van der Waals surface area contributed by atoms with Gasteiger partial charge in [-0.05, 0) is 75.4 Å². The van der Waals surface area contributed by atoms with E-state index in [4.69, 9.17) is 11.5 Å². The second kappa shape index (κ2) is 12.2. The molecule has 0 aromatic carbocycles. The third kappa shape index (κ3) is 5.75. The Bertz CT molecular complexity index is 1270. The van der Waals surface area contributed by atoms with Crippen LogP contribution in [0.3, 0.4) is 0 Å². The van der Waals surface area contributed by atoms with Gasteiger partial charge in [0.2, 0.25) is 11.8 Å². The van der Waals surface area contributed by atoms with Gasteiger partial charge in [0.1, 0.15) is 0 Å². The predicted molar refractivity (Wildman–Crippen MR) is 176 cm³/mol. The van der Waals surface area contributed by atoms with Crippen molar-refractivity contribution in [1.82, 2.24) is 9.80 Å². The minimum absolute atomic E-state index is 0.0245. The van der Waals surface area contributed by atoms with Crippen molar-refractivity contribution in [2.45, 2.75) is 91.1 Å². The highest BCUT2D eigenvalue weighted by Gasteiger charge is 2.52. The van der Waals surface area contributed by atoms with Crippen molar-refractivity contribution >= 4 is 17.6 Å². The fourth-order valence-electron chi connectivity index (χ4n) is 9.27. The van der Waals surface area contributed by atoms with E-state index in [0.29, 0.717) is 23.9 Å². The summed E-state index contributed by atoms with van der Waals surface area (Å²) in [6.45, 7) is 9.09. The van der Waals surface area contributed by atoms with E-state index in [1.54, 1.807) is 0 Å². The molecule has 238 valence electrons. The summed E-state index contributed by atoms with van der Waals surface area (Å²) in [7, 11) is 4.32.